The van der Waals surface area contributed by atoms with Crippen LogP contribution in [0, 0.1) is 5.41 Å². The number of hydrogen-bond acceptors (Lipinski definition) is 4. The van der Waals surface area contributed by atoms with Crippen molar-refractivity contribution in [2.24, 2.45) is 12.5 Å². The monoisotopic (exact) mass is 315 g/mol. The smallest absolute Gasteiger partial charge is 0.311 e. The number of nitrogens with one attached hydrogen (secondary N) is 2. The van der Waals surface area contributed by atoms with Crippen molar-refractivity contribution < 1.29 is 23.1 Å². The summed E-state index contributed by atoms with van der Waals surface area (Å²) in [5, 5.41) is 11.6. The van der Waals surface area contributed by atoms with Gasteiger partial charge in [0.05, 0.1) is 5.41 Å². The van der Waals surface area contributed by atoms with Gasteiger partial charge in [0.2, 0.25) is 10.0 Å². The van der Waals surface area contributed by atoms with E-state index in [0.29, 0.717) is 12.8 Å². The fraction of sp³-hybridized carbons (Fsp3) is 0.500. The molecule has 0 atom stereocenters. The molecule has 0 radical (unpaired) electrons. The van der Waals surface area contributed by atoms with Crippen LogP contribution < -0.4 is 10.0 Å². The van der Waals surface area contributed by atoms with Crippen LogP contribution in [0.15, 0.2) is 17.2 Å². The Morgan fingerprint density at radius 1 is 1.43 bits per heavy atom. The molecule has 2 rings (SSSR count). The van der Waals surface area contributed by atoms with Crippen LogP contribution in [0.5, 0.6) is 0 Å². The van der Waals surface area contributed by atoms with Gasteiger partial charge in [-0.05, 0) is 26.0 Å². The molecule has 1 aliphatic carbocycles. The van der Waals surface area contributed by atoms with Crippen molar-refractivity contribution >= 4 is 21.9 Å². The second-order valence-electron chi connectivity index (χ2n) is 5.15. The van der Waals surface area contributed by atoms with Gasteiger partial charge in [0, 0.05) is 19.8 Å². The molecule has 0 saturated heterocycles. The van der Waals surface area contributed by atoms with Crippen LogP contribution in [0.25, 0.3) is 0 Å². The Bertz CT molecular complexity index is 688. The van der Waals surface area contributed by atoms with Crippen molar-refractivity contribution in [3.05, 3.63) is 18.0 Å². The summed E-state index contributed by atoms with van der Waals surface area (Å²) in [5.74, 6) is -1.42. The van der Waals surface area contributed by atoms with Gasteiger partial charge < -0.3 is 15.0 Å². The lowest BCUT2D eigenvalue weighted by molar-refractivity contribution is -0.143. The molecular formula is C12H17N3O5S. The zero-order valence-corrected chi connectivity index (χ0v) is 12.5. The van der Waals surface area contributed by atoms with Crippen LogP contribution in [0.1, 0.15) is 23.3 Å². The van der Waals surface area contributed by atoms with E-state index in [1.54, 1.807) is 7.05 Å². The third-order valence-corrected chi connectivity index (χ3v) is 5.07. The van der Waals surface area contributed by atoms with Crippen LogP contribution in [0.2, 0.25) is 0 Å². The summed E-state index contributed by atoms with van der Waals surface area (Å²) in [6.07, 6.45) is 2.40. The zero-order chi connectivity index (χ0) is 15.8. The summed E-state index contributed by atoms with van der Waals surface area (Å²) in [6, 6.07) is 1.25. The predicted molar refractivity (Wildman–Crippen MR) is 73.3 cm³/mol. The number of aryl methyl sites for hydroxylation is 1. The van der Waals surface area contributed by atoms with Crippen molar-refractivity contribution in [1.82, 2.24) is 14.6 Å². The van der Waals surface area contributed by atoms with E-state index in [1.165, 1.54) is 23.9 Å². The van der Waals surface area contributed by atoms with Gasteiger partial charge in [0.25, 0.3) is 5.91 Å². The first-order chi connectivity index (χ1) is 9.72. The van der Waals surface area contributed by atoms with Gasteiger partial charge in [-0.15, -0.1) is 0 Å². The minimum absolute atomic E-state index is 0.0166. The van der Waals surface area contributed by atoms with Crippen molar-refractivity contribution in [1.29, 1.82) is 0 Å². The van der Waals surface area contributed by atoms with Crippen molar-refractivity contribution in [3.8, 4) is 0 Å². The first kappa shape index (κ1) is 15.5. The summed E-state index contributed by atoms with van der Waals surface area (Å²) in [4.78, 5) is 23.1. The molecule has 8 nitrogen and oxygen atoms in total. The second kappa shape index (κ2) is 5.15. The van der Waals surface area contributed by atoms with Crippen LogP contribution in [0.3, 0.4) is 0 Å². The number of carbonyl (C=O) groups excluding carboxylic acids is 1. The van der Waals surface area contributed by atoms with E-state index >= 15 is 0 Å². The fourth-order valence-electron chi connectivity index (χ4n) is 1.98. The molecule has 0 aliphatic heterocycles. The first-order valence-corrected chi connectivity index (χ1v) is 7.82. The van der Waals surface area contributed by atoms with E-state index in [4.69, 9.17) is 5.11 Å². The maximum atomic E-state index is 12.1. The van der Waals surface area contributed by atoms with Gasteiger partial charge >= 0.3 is 5.97 Å². The standard InChI is InChI=1S/C12H17N3O5S/c1-13-21(19,20)8-5-9(15(2)6-8)10(16)14-7-12(3-4-12)11(17)18/h5-6,13H,3-4,7H2,1-2H3,(H,14,16)(H,17,18). The second-order valence-corrected chi connectivity index (χ2v) is 7.03. The Labute approximate surface area is 122 Å². The molecule has 21 heavy (non-hydrogen) atoms. The quantitative estimate of drug-likeness (QED) is 0.656. The van der Waals surface area contributed by atoms with Crippen LogP contribution in [-0.4, -0.2) is 43.6 Å². The molecule has 0 unspecified atom stereocenters. The van der Waals surface area contributed by atoms with Gasteiger partial charge in [-0.2, -0.15) is 0 Å². The third-order valence-electron chi connectivity index (χ3n) is 3.69. The molecule has 0 spiro atoms. The van der Waals surface area contributed by atoms with Crippen molar-refractivity contribution in [3.63, 3.8) is 0 Å². The molecule has 0 bridgehead atoms. The van der Waals surface area contributed by atoms with Crippen molar-refractivity contribution in [2.75, 3.05) is 13.6 Å². The minimum Gasteiger partial charge on any atom is -0.481 e. The van der Waals surface area contributed by atoms with Crippen molar-refractivity contribution in [2.45, 2.75) is 17.7 Å². The van der Waals surface area contributed by atoms with E-state index in [9.17, 15) is 18.0 Å². The molecule has 0 aromatic carbocycles. The molecule has 1 aliphatic rings. The van der Waals surface area contributed by atoms with Crippen LogP contribution in [0.4, 0.5) is 0 Å². The minimum atomic E-state index is -3.62. The number of hydrogen-bond donors (Lipinski definition) is 3. The molecule has 9 heteroatoms. The van der Waals surface area contributed by atoms with E-state index in [-0.39, 0.29) is 17.1 Å². The highest BCUT2D eigenvalue weighted by atomic mass is 32.2. The van der Waals surface area contributed by atoms with E-state index in [1.807, 2.05) is 0 Å². The number of nitrogens with zero attached hydrogens (tertiary/aromatic N) is 1. The van der Waals surface area contributed by atoms with Gasteiger partial charge in [0.1, 0.15) is 10.6 Å². The molecule has 1 fully saturated rings. The number of amides is 1. The molecule has 1 amide bonds. The molecular weight excluding hydrogens is 298 g/mol. The first-order valence-electron chi connectivity index (χ1n) is 6.33. The summed E-state index contributed by atoms with van der Waals surface area (Å²) in [7, 11) is -0.790. The van der Waals surface area contributed by atoms with Gasteiger partial charge in [-0.25, -0.2) is 13.1 Å². The van der Waals surface area contributed by atoms with E-state index in [2.05, 4.69) is 10.0 Å². The van der Waals surface area contributed by atoms with Gasteiger partial charge in [0.15, 0.2) is 0 Å². The van der Waals surface area contributed by atoms with Gasteiger partial charge in [-0.1, -0.05) is 0 Å². The SMILES string of the molecule is CNS(=O)(=O)c1cc(C(=O)NCC2(C(=O)O)CC2)n(C)c1. The number of carbonyl (C=O) groups is 2. The predicted octanol–water partition coefficient (Wildman–Crippen LogP) is -0.472. The maximum Gasteiger partial charge on any atom is 0.311 e. The Kier molecular flexibility index (Phi) is 3.81. The maximum absolute atomic E-state index is 12.1. The summed E-state index contributed by atoms with van der Waals surface area (Å²) in [6.45, 7) is 0.0421. The highest BCUT2D eigenvalue weighted by Gasteiger charge is 2.50. The van der Waals surface area contributed by atoms with E-state index < -0.39 is 27.3 Å². The highest BCUT2D eigenvalue weighted by Crippen LogP contribution is 2.45. The number of sulfonamides is 1. The molecule has 1 aromatic heterocycles. The van der Waals surface area contributed by atoms with Crippen LogP contribution in [-0.2, 0) is 21.9 Å². The number of aliphatic carboxylic acids is 1. The normalized spacial score (nSPS) is 16.5. The molecule has 3 N–H and O–H groups in total. The average Bonchev–Trinajstić information content (AvgIpc) is 3.12. The lowest BCUT2D eigenvalue weighted by Gasteiger charge is -2.11. The average molecular weight is 315 g/mol. The highest BCUT2D eigenvalue weighted by molar-refractivity contribution is 7.89. The fourth-order valence-corrected chi connectivity index (χ4v) is 2.78. The lowest BCUT2D eigenvalue weighted by atomic mass is 10.1. The van der Waals surface area contributed by atoms with Gasteiger partial charge in [-0.3, -0.25) is 9.59 Å². The Morgan fingerprint density at radius 2 is 2.05 bits per heavy atom. The van der Waals surface area contributed by atoms with Crippen LogP contribution >= 0.6 is 0 Å². The Balaban J connectivity index is 2.12. The van der Waals surface area contributed by atoms with E-state index in [0.717, 1.165) is 0 Å². The largest absolute Gasteiger partial charge is 0.481 e. The Hall–Kier alpha value is -1.87. The molecule has 1 aromatic rings. The zero-order valence-electron chi connectivity index (χ0n) is 11.7. The summed E-state index contributed by atoms with van der Waals surface area (Å²) >= 11 is 0. The number of carboxylic acid groups (broad SMARTS) is 1. The lowest BCUT2D eigenvalue weighted by Crippen LogP contribution is -2.34. The molecule has 1 heterocycles. The number of aromatic nitrogens is 1. The number of rotatable bonds is 6. The summed E-state index contributed by atoms with van der Waals surface area (Å²) in [5.41, 5.74) is -0.703. The molecule has 116 valence electrons. The summed E-state index contributed by atoms with van der Waals surface area (Å²) < 4.78 is 26.9. The third kappa shape index (κ3) is 2.93. The topological polar surface area (TPSA) is 118 Å². The Morgan fingerprint density at radius 3 is 2.52 bits per heavy atom. The molecule has 1 saturated carbocycles. The number of carboxylic acids is 1.